The van der Waals surface area contributed by atoms with Gasteiger partial charge < -0.3 is 11.1 Å². The van der Waals surface area contributed by atoms with E-state index in [-0.39, 0.29) is 35.7 Å². The molecule has 212 valence electrons. The fourth-order valence-corrected chi connectivity index (χ4v) is 5.51. The number of hydrogen-bond donors (Lipinski definition) is 5. The van der Waals surface area contributed by atoms with Gasteiger partial charge >= 0.3 is 0 Å². The lowest BCUT2D eigenvalue weighted by atomic mass is 9.77. The number of carbonyl (C=O) groups is 1. The molecule has 42 heavy (non-hydrogen) atoms. The van der Waals surface area contributed by atoms with Gasteiger partial charge in [0.2, 0.25) is 5.91 Å². The zero-order chi connectivity index (χ0) is 29.6. The van der Waals surface area contributed by atoms with Crippen LogP contribution in [0.1, 0.15) is 35.6 Å². The van der Waals surface area contributed by atoms with Gasteiger partial charge in [0, 0.05) is 22.4 Å². The minimum Gasteiger partial charge on any atom is -0.383 e. The number of carbonyl (C=O) groups excluding carboxylic acids is 1. The fraction of sp³-hybridized carbons (Fsp3) is 0.167. The summed E-state index contributed by atoms with van der Waals surface area (Å²) in [4.78, 5) is 22.7. The van der Waals surface area contributed by atoms with Gasteiger partial charge in [-0.1, -0.05) is 54.1 Å². The Labute approximate surface area is 244 Å². The van der Waals surface area contributed by atoms with Crippen LogP contribution < -0.4 is 16.5 Å². The Kier molecular flexibility index (Phi) is 6.83. The lowest BCUT2D eigenvalue weighted by Gasteiger charge is -2.23. The fourth-order valence-electron chi connectivity index (χ4n) is 5.34. The number of nitrogens with two attached hydrogens (primary N) is 1. The topological polar surface area (TPSA) is 155 Å². The minimum atomic E-state index is -1.14. The third-order valence-corrected chi connectivity index (χ3v) is 7.89. The molecule has 10 nitrogen and oxygen atoms in total. The molecule has 2 aromatic heterocycles. The van der Waals surface area contributed by atoms with Crippen molar-refractivity contribution < 1.29 is 14.4 Å². The third kappa shape index (κ3) is 4.62. The molecule has 3 aromatic carbocycles. The second-order valence-corrected chi connectivity index (χ2v) is 10.7. The van der Waals surface area contributed by atoms with Crippen LogP contribution in [0, 0.1) is 11.2 Å². The Morgan fingerprint density at radius 3 is 2.67 bits per heavy atom. The van der Waals surface area contributed by atoms with Crippen molar-refractivity contribution in [2.75, 3.05) is 11.1 Å². The summed E-state index contributed by atoms with van der Waals surface area (Å²) in [6, 6.07) is 19.2. The maximum Gasteiger partial charge on any atom is 0.240 e. The highest BCUT2D eigenvalue weighted by molar-refractivity contribution is 6.31. The lowest BCUT2D eigenvalue weighted by molar-refractivity contribution is -0.119. The summed E-state index contributed by atoms with van der Waals surface area (Å²) < 4.78 is 16.1. The first-order valence-corrected chi connectivity index (χ1v) is 13.5. The van der Waals surface area contributed by atoms with Crippen molar-refractivity contribution in [2.45, 2.75) is 31.7 Å². The number of fused-ring (bicyclic) bond motifs is 2. The zero-order valence-corrected chi connectivity index (χ0v) is 23.2. The summed E-state index contributed by atoms with van der Waals surface area (Å²) in [6.45, 7) is 1.93. The summed E-state index contributed by atoms with van der Waals surface area (Å²) in [7, 11) is 0. The molecule has 0 saturated carbocycles. The van der Waals surface area contributed by atoms with Crippen molar-refractivity contribution in [1.82, 2.24) is 25.2 Å². The maximum absolute atomic E-state index is 14.5. The molecule has 3 heterocycles. The Balaban J connectivity index is 1.39. The minimum absolute atomic E-state index is 0.0174. The van der Waals surface area contributed by atoms with Crippen LogP contribution >= 0.6 is 11.6 Å². The summed E-state index contributed by atoms with van der Waals surface area (Å²) in [5.74, 6) is 0.0146. The van der Waals surface area contributed by atoms with Crippen molar-refractivity contribution >= 4 is 45.9 Å². The molecule has 1 aliphatic rings. The predicted molar refractivity (Wildman–Crippen MR) is 158 cm³/mol. The number of nitrogen functional groups attached to an aromatic ring is 1. The summed E-state index contributed by atoms with van der Waals surface area (Å²) in [6.07, 6.45) is 0.889. The molecule has 12 heteroatoms. The number of nitrogens with zero attached hydrogens (tertiary/aromatic N) is 4. The second kappa shape index (κ2) is 10.5. The smallest absolute Gasteiger partial charge is 0.240 e. The van der Waals surface area contributed by atoms with E-state index in [4.69, 9.17) is 33.0 Å². The monoisotopic (exact) mass is 584 g/mol. The van der Waals surface area contributed by atoms with E-state index in [1.807, 2.05) is 29.7 Å². The number of amidine groups is 1. The van der Waals surface area contributed by atoms with E-state index in [1.54, 1.807) is 48.0 Å². The highest BCUT2D eigenvalue weighted by atomic mass is 35.5. The lowest BCUT2D eigenvalue weighted by Crippen LogP contribution is -2.33. The SMILES string of the molecule is CC1(c2ccc(CCC(=N)NO)cc2)C(=O)Nc2nc(-c3nn(Cc4ccccc4F)c4cc(Cl)ccc34)nc(N)c21. The van der Waals surface area contributed by atoms with Gasteiger partial charge in [0.1, 0.15) is 34.4 Å². The Bertz CT molecular complexity index is 1870. The molecule has 0 aliphatic carbocycles. The molecule has 6 rings (SSSR count). The van der Waals surface area contributed by atoms with Crippen LogP contribution in [0.25, 0.3) is 22.4 Å². The first-order valence-electron chi connectivity index (χ1n) is 13.1. The van der Waals surface area contributed by atoms with Gasteiger partial charge in [-0.05, 0) is 48.7 Å². The Morgan fingerprint density at radius 2 is 1.93 bits per heavy atom. The molecule has 0 radical (unpaired) electrons. The molecule has 1 amide bonds. The maximum atomic E-state index is 14.5. The molecule has 6 N–H and O–H groups in total. The number of aryl methyl sites for hydroxylation is 1. The van der Waals surface area contributed by atoms with Gasteiger partial charge in [0.15, 0.2) is 5.82 Å². The summed E-state index contributed by atoms with van der Waals surface area (Å²) in [5, 5.41) is 25.2. The number of rotatable bonds is 7. The number of benzene rings is 3. The highest BCUT2D eigenvalue weighted by Crippen LogP contribution is 2.45. The van der Waals surface area contributed by atoms with Gasteiger partial charge in [-0.25, -0.2) is 14.4 Å². The van der Waals surface area contributed by atoms with E-state index in [9.17, 15) is 9.18 Å². The first kappa shape index (κ1) is 27.3. The van der Waals surface area contributed by atoms with Crippen LogP contribution in [0.3, 0.4) is 0 Å². The number of hydroxylamine groups is 1. The number of anilines is 2. The number of amides is 1. The zero-order valence-electron chi connectivity index (χ0n) is 22.4. The Morgan fingerprint density at radius 1 is 1.17 bits per heavy atom. The van der Waals surface area contributed by atoms with Crippen LogP contribution in [0.4, 0.5) is 16.0 Å². The standard InChI is InChI=1S/C30H26ClFN8O2/c1-30(18-9-6-16(7-10-18)8-13-23(33)39-42)24-26(34)35-28(36-27(24)37-29(30)41)25-20-12-11-19(31)14-22(20)40(38-25)15-17-4-2-3-5-21(17)32/h2-7,9-12,14,42H,8,13,15H2,1H3,(H2,33,39)(H3,34,35,36,37,41). The van der Waals surface area contributed by atoms with E-state index in [0.29, 0.717) is 57.0 Å². The molecule has 0 saturated heterocycles. The average molecular weight is 585 g/mol. The van der Waals surface area contributed by atoms with E-state index in [2.05, 4.69) is 15.3 Å². The predicted octanol–water partition coefficient (Wildman–Crippen LogP) is 5.06. The van der Waals surface area contributed by atoms with Crippen molar-refractivity contribution in [1.29, 1.82) is 5.41 Å². The van der Waals surface area contributed by atoms with Crippen molar-refractivity contribution in [3.63, 3.8) is 0 Å². The van der Waals surface area contributed by atoms with E-state index in [1.165, 1.54) is 6.07 Å². The molecule has 1 atom stereocenters. The van der Waals surface area contributed by atoms with E-state index >= 15 is 0 Å². The second-order valence-electron chi connectivity index (χ2n) is 10.3. The van der Waals surface area contributed by atoms with E-state index in [0.717, 1.165) is 5.56 Å². The molecule has 0 bridgehead atoms. The number of hydrogen-bond acceptors (Lipinski definition) is 7. The molecule has 1 aliphatic heterocycles. The molecule has 5 aromatic rings. The van der Waals surface area contributed by atoms with Crippen LogP contribution in [0.5, 0.6) is 0 Å². The van der Waals surface area contributed by atoms with Crippen LogP contribution in [-0.2, 0) is 23.2 Å². The molecule has 0 spiro atoms. The molecule has 0 fully saturated rings. The summed E-state index contributed by atoms with van der Waals surface area (Å²) in [5.41, 5.74) is 10.9. The summed E-state index contributed by atoms with van der Waals surface area (Å²) >= 11 is 6.30. The third-order valence-electron chi connectivity index (χ3n) is 7.66. The average Bonchev–Trinajstić information content (AvgIpc) is 3.47. The van der Waals surface area contributed by atoms with E-state index < -0.39 is 5.41 Å². The Hall–Kier alpha value is -4.87. The van der Waals surface area contributed by atoms with Crippen LogP contribution in [0.15, 0.2) is 66.7 Å². The van der Waals surface area contributed by atoms with Gasteiger partial charge in [0.05, 0.1) is 17.6 Å². The van der Waals surface area contributed by atoms with Gasteiger partial charge in [-0.2, -0.15) is 5.10 Å². The van der Waals surface area contributed by atoms with Crippen molar-refractivity contribution in [3.05, 3.63) is 99.8 Å². The highest BCUT2D eigenvalue weighted by Gasteiger charge is 2.47. The van der Waals surface area contributed by atoms with Crippen molar-refractivity contribution in [3.8, 4) is 11.5 Å². The van der Waals surface area contributed by atoms with Crippen molar-refractivity contribution in [2.24, 2.45) is 0 Å². The van der Waals surface area contributed by atoms with Gasteiger partial charge in [-0.3, -0.25) is 25.6 Å². The molecular weight excluding hydrogens is 559 g/mol. The van der Waals surface area contributed by atoms with Crippen LogP contribution in [-0.4, -0.2) is 36.7 Å². The normalized spacial score (nSPS) is 16.0. The number of nitrogens with one attached hydrogen (secondary N) is 3. The molecule has 1 unspecified atom stereocenters. The molecular formula is C30H26ClFN8O2. The number of aromatic nitrogens is 4. The van der Waals surface area contributed by atoms with Gasteiger partial charge in [-0.15, -0.1) is 0 Å². The first-order chi connectivity index (χ1) is 20.2. The quantitative estimate of drug-likeness (QED) is 0.102. The number of halogens is 2. The van der Waals surface area contributed by atoms with Crippen LogP contribution in [0.2, 0.25) is 5.02 Å². The van der Waals surface area contributed by atoms with Gasteiger partial charge in [0.25, 0.3) is 0 Å². The largest absolute Gasteiger partial charge is 0.383 e.